The summed E-state index contributed by atoms with van der Waals surface area (Å²) in [6, 6.07) is 12.0. The number of non-ortho nitro benzene ring substituents is 1. The number of fused-ring (bicyclic) bond motifs is 4. The predicted octanol–water partition coefficient (Wildman–Crippen LogP) is 2.54. The summed E-state index contributed by atoms with van der Waals surface area (Å²) in [5.74, 6) is 1.77. The second-order valence-corrected chi connectivity index (χ2v) is 10.3. The lowest BCUT2D eigenvalue weighted by Crippen LogP contribution is -2.40. The number of sulfonamides is 1. The molecule has 2 aromatic carbocycles. The summed E-state index contributed by atoms with van der Waals surface area (Å²) in [6.07, 6.45) is 0.467. The molecule has 36 heavy (non-hydrogen) atoms. The van der Waals surface area contributed by atoms with Gasteiger partial charge in [0.15, 0.2) is 6.23 Å². The lowest BCUT2D eigenvalue weighted by molar-refractivity contribution is -0.384. The van der Waals surface area contributed by atoms with Gasteiger partial charge in [-0.2, -0.15) is 4.31 Å². The van der Waals surface area contributed by atoms with Crippen LogP contribution in [0.15, 0.2) is 59.8 Å². The van der Waals surface area contributed by atoms with Crippen molar-refractivity contribution in [2.45, 2.75) is 23.7 Å². The van der Waals surface area contributed by atoms with Crippen LogP contribution in [0.4, 0.5) is 17.3 Å². The van der Waals surface area contributed by atoms with E-state index in [1.807, 2.05) is 36.2 Å². The fourth-order valence-electron chi connectivity index (χ4n) is 4.44. The Labute approximate surface area is 207 Å². The van der Waals surface area contributed by atoms with Crippen molar-refractivity contribution in [3.63, 3.8) is 0 Å². The Balaban J connectivity index is 1.51. The number of methoxy groups -OCH3 is 1. The quantitative estimate of drug-likeness (QED) is 0.371. The van der Waals surface area contributed by atoms with Gasteiger partial charge in [0, 0.05) is 32.3 Å². The van der Waals surface area contributed by atoms with Gasteiger partial charge in [0.05, 0.1) is 35.1 Å². The van der Waals surface area contributed by atoms with Crippen LogP contribution in [-0.2, 0) is 21.3 Å². The van der Waals surface area contributed by atoms with Crippen LogP contribution >= 0.6 is 0 Å². The molecular weight excluding hydrogens is 488 g/mol. The highest BCUT2D eigenvalue weighted by Gasteiger charge is 2.48. The summed E-state index contributed by atoms with van der Waals surface area (Å²) in [5.41, 5.74) is 1.33. The van der Waals surface area contributed by atoms with E-state index in [2.05, 4.69) is 15.3 Å². The number of hydrogen-bond donors (Lipinski definition) is 1. The van der Waals surface area contributed by atoms with Gasteiger partial charge in [-0.05, 0) is 29.8 Å². The summed E-state index contributed by atoms with van der Waals surface area (Å²) in [7, 11) is -0.590. The molecule has 3 heterocycles. The SMILES string of the molecule is COc1ccc(CN(C)c2ncnc3c2[C@@H]2OC[C@H](CN3)N2S(=O)(=O)c2ccc([N+](=O)[O-])cc2)cc1. The molecule has 0 unspecified atom stereocenters. The van der Waals surface area contributed by atoms with E-state index in [1.165, 1.54) is 34.9 Å². The van der Waals surface area contributed by atoms with Crippen molar-refractivity contribution in [2.24, 2.45) is 0 Å². The van der Waals surface area contributed by atoms with Crippen molar-refractivity contribution < 1.29 is 22.8 Å². The van der Waals surface area contributed by atoms with Crippen molar-refractivity contribution >= 4 is 27.3 Å². The number of nitrogens with zero attached hydrogens (tertiary/aromatic N) is 5. The summed E-state index contributed by atoms with van der Waals surface area (Å²) in [5, 5.41) is 14.3. The zero-order valence-corrected chi connectivity index (χ0v) is 20.4. The first-order valence-electron chi connectivity index (χ1n) is 11.1. The van der Waals surface area contributed by atoms with E-state index in [0.29, 0.717) is 23.7 Å². The molecule has 1 saturated heterocycles. The molecule has 3 aromatic rings. The Morgan fingerprint density at radius 1 is 1.19 bits per heavy atom. The molecule has 2 aliphatic heterocycles. The van der Waals surface area contributed by atoms with Gasteiger partial charge < -0.3 is 19.7 Å². The van der Waals surface area contributed by atoms with E-state index >= 15 is 0 Å². The Morgan fingerprint density at radius 2 is 1.92 bits per heavy atom. The molecule has 1 aromatic heterocycles. The lowest BCUT2D eigenvalue weighted by atomic mass is 10.2. The fraction of sp³-hybridized carbons (Fsp3) is 0.304. The van der Waals surface area contributed by atoms with Gasteiger partial charge in [-0.1, -0.05) is 12.1 Å². The smallest absolute Gasteiger partial charge is 0.269 e. The zero-order chi connectivity index (χ0) is 25.4. The third kappa shape index (κ3) is 4.21. The van der Waals surface area contributed by atoms with E-state index in [1.54, 1.807) is 7.11 Å². The third-order valence-corrected chi connectivity index (χ3v) is 8.13. The zero-order valence-electron chi connectivity index (χ0n) is 19.6. The van der Waals surface area contributed by atoms with Crippen molar-refractivity contribution in [2.75, 3.05) is 37.5 Å². The van der Waals surface area contributed by atoms with Crippen molar-refractivity contribution in [3.8, 4) is 5.75 Å². The fourth-order valence-corrected chi connectivity index (χ4v) is 6.11. The molecule has 0 amide bonds. The van der Waals surface area contributed by atoms with E-state index in [0.717, 1.165) is 11.3 Å². The highest BCUT2D eigenvalue weighted by Crippen LogP contribution is 2.44. The number of ether oxygens (including phenoxy) is 2. The maximum Gasteiger partial charge on any atom is 0.269 e. The maximum atomic E-state index is 13.7. The molecule has 2 bridgehead atoms. The summed E-state index contributed by atoms with van der Waals surface area (Å²) in [4.78, 5) is 21.1. The van der Waals surface area contributed by atoms with Gasteiger partial charge in [-0.3, -0.25) is 10.1 Å². The minimum absolute atomic E-state index is 0.0537. The monoisotopic (exact) mass is 512 g/mol. The number of nitro groups is 1. The van der Waals surface area contributed by atoms with E-state index in [9.17, 15) is 18.5 Å². The van der Waals surface area contributed by atoms with Crippen molar-refractivity contribution in [3.05, 3.63) is 76.1 Å². The van der Waals surface area contributed by atoms with Crippen molar-refractivity contribution in [1.82, 2.24) is 14.3 Å². The molecule has 5 rings (SSSR count). The molecule has 1 N–H and O–H groups in total. The highest BCUT2D eigenvalue weighted by molar-refractivity contribution is 7.89. The van der Waals surface area contributed by atoms with Crippen LogP contribution in [0.3, 0.4) is 0 Å². The van der Waals surface area contributed by atoms with E-state index in [4.69, 9.17) is 9.47 Å². The Hall–Kier alpha value is -3.81. The molecule has 0 saturated carbocycles. The number of rotatable bonds is 7. The first-order valence-corrected chi connectivity index (χ1v) is 12.6. The molecule has 13 heteroatoms. The number of nitrogens with one attached hydrogen (secondary N) is 1. The van der Waals surface area contributed by atoms with Gasteiger partial charge in [-0.25, -0.2) is 18.4 Å². The summed E-state index contributed by atoms with van der Waals surface area (Å²) < 4.78 is 40.0. The highest BCUT2D eigenvalue weighted by atomic mass is 32.2. The first-order chi connectivity index (χ1) is 17.3. The minimum Gasteiger partial charge on any atom is -0.497 e. The minimum atomic E-state index is -4.06. The Kier molecular flexibility index (Phi) is 6.20. The van der Waals surface area contributed by atoms with Gasteiger partial charge >= 0.3 is 0 Å². The molecule has 0 spiro atoms. The van der Waals surface area contributed by atoms with Crippen LogP contribution in [0.5, 0.6) is 5.75 Å². The topological polar surface area (TPSA) is 140 Å². The second kappa shape index (κ2) is 9.33. The van der Waals surface area contributed by atoms with Crippen LogP contribution in [0.25, 0.3) is 0 Å². The van der Waals surface area contributed by atoms with E-state index in [-0.39, 0.29) is 23.7 Å². The molecule has 12 nitrogen and oxygen atoms in total. The van der Waals surface area contributed by atoms with Gasteiger partial charge in [-0.15, -0.1) is 0 Å². The van der Waals surface area contributed by atoms with Crippen LogP contribution in [0.1, 0.15) is 17.4 Å². The Bertz CT molecular complexity index is 1380. The summed E-state index contributed by atoms with van der Waals surface area (Å²) >= 11 is 0. The lowest BCUT2D eigenvalue weighted by Gasteiger charge is -2.28. The molecule has 1 fully saturated rings. The maximum absolute atomic E-state index is 13.7. The number of aromatic nitrogens is 2. The molecule has 188 valence electrons. The third-order valence-electron chi connectivity index (χ3n) is 6.22. The second-order valence-electron chi connectivity index (χ2n) is 8.47. The number of hydrogen-bond acceptors (Lipinski definition) is 10. The van der Waals surface area contributed by atoms with Gasteiger partial charge in [0.2, 0.25) is 10.0 Å². The predicted molar refractivity (Wildman–Crippen MR) is 130 cm³/mol. The van der Waals surface area contributed by atoms with Crippen LogP contribution in [-0.4, -0.2) is 61.0 Å². The van der Waals surface area contributed by atoms with Gasteiger partial charge in [0.25, 0.3) is 5.69 Å². The summed E-state index contributed by atoms with van der Waals surface area (Å²) in [6.45, 7) is 0.965. The largest absolute Gasteiger partial charge is 0.497 e. The molecule has 2 aliphatic rings. The molecule has 0 radical (unpaired) electrons. The normalized spacial score (nSPS) is 19.2. The number of benzene rings is 2. The molecule has 2 atom stereocenters. The molecule has 0 aliphatic carbocycles. The van der Waals surface area contributed by atoms with Gasteiger partial charge in [0.1, 0.15) is 23.7 Å². The average molecular weight is 513 g/mol. The van der Waals surface area contributed by atoms with Crippen LogP contribution in [0.2, 0.25) is 0 Å². The Morgan fingerprint density at radius 3 is 2.58 bits per heavy atom. The van der Waals surface area contributed by atoms with Crippen molar-refractivity contribution in [1.29, 1.82) is 0 Å². The molecular formula is C23H24N6O6S. The standard InChI is InChI=1S/C23H24N6O6S/c1-27(12-15-3-7-18(34-2)8-4-15)22-20-21(25-14-26-22)24-11-17-13-35-23(20)28(17)36(32,33)19-9-5-16(6-10-19)29(30)31/h3-10,14,17,23H,11-13H2,1-2H3,(H,24,25,26)/t17-,23-/m0/s1. The van der Waals surface area contributed by atoms with Crippen LogP contribution < -0.4 is 15.0 Å². The van der Waals surface area contributed by atoms with E-state index < -0.39 is 27.2 Å². The first kappa shape index (κ1) is 23.9. The van der Waals surface area contributed by atoms with Crippen LogP contribution in [0, 0.1) is 10.1 Å². The number of nitro benzene ring substituents is 1. The average Bonchev–Trinajstić information content (AvgIpc) is 3.24. The number of anilines is 2.